The highest BCUT2D eigenvalue weighted by atomic mass is 19.1. The predicted molar refractivity (Wildman–Crippen MR) is 71.3 cm³/mol. The Labute approximate surface area is 112 Å². The van der Waals surface area contributed by atoms with Crippen LogP contribution in [-0.4, -0.2) is 24.2 Å². The Kier molecular flexibility index (Phi) is 3.75. The summed E-state index contributed by atoms with van der Waals surface area (Å²) in [6, 6.07) is 4.60. The third-order valence-electron chi connectivity index (χ3n) is 3.45. The molecule has 0 radical (unpaired) electrons. The highest BCUT2D eigenvalue weighted by Crippen LogP contribution is 2.37. The fourth-order valence-corrected chi connectivity index (χ4v) is 2.52. The number of hydrogen-bond donors (Lipinski definition) is 2. The summed E-state index contributed by atoms with van der Waals surface area (Å²) in [5.74, 6) is -0.756. The van der Waals surface area contributed by atoms with Gasteiger partial charge in [0, 0.05) is 25.1 Å². The molecule has 0 spiro atoms. The summed E-state index contributed by atoms with van der Waals surface area (Å²) in [5.41, 5.74) is 6.01. The Bertz CT molecular complexity index is 464. The number of rotatable bonds is 5. The van der Waals surface area contributed by atoms with Crippen molar-refractivity contribution < 1.29 is 13.9 Å². The zero-order valence-electron chi connectivity index (χ0n) is 11.2. The molecule has 4 nitrogen and oxygen atoms in total. The Morgan fingerprint density at radius 3 is 2.74 bits per heavy atom. The van der Waals surface area contributed by atoms with E-state index in [1.54, 1.807) is 13.0 Å². The van der Waals surface area contributed by atoms with Crippen molar-refractivity contribution in [2.75, 3.05) is 11.9 Å². The smallest absolute Gasteiger partial charge is 0.243 e. The van der Waals surface area contributed by atoms with E-state index in [9.17, 15) is 9.18 Å². The molecule has 1 aliphatic carbocycles. The SMILES string of the molecule is CCOC1CC(Nc2cc(C)cc(F)c2)(C(N)=O)C1. The van der Waals surface area contributed by atoms with Crippen LogP contribution >= 0.6 is 0 Å². The number of benzene rings is 1. The number of halogens is 1. The number of amides is 1. The first-order chi connectivity index (χ1) is 8.95. The van der Waals surface area contributed by atoms with Gasteiger partial charge in [-0.15, -0.1) is 0 Å². The first-order valence-electron chi connectivity index (χ1n) is 6.42. The van der Waals surface area contributed by atoms with Gasteiger partial charge in [0.05, 0.1) is 6.10 Å². The van der Waals surface area contributed by atoms with Gasteiger partial charge in [0.15, 0.2) is 0 Å². The molecule has 2 rings (SSSR count). The quantitative estimate of drug-likeness (QED) is 0.856. The van der Waals surface area contributed by atoms with Gasteiger partial charge in [-0.1, -0.05) is 0 Å². The molecule has 0 unspecified atom stereocenters. The molecule has 1 saturated carbocycles. The molecule has 1 aromatic rings. The van der Waals surface area contributed by atoms with Gasteiger partial charge in [-0.25, -0.2) is 4.39 Å². The monoisotopic (exact) mass is 266 g/mol. The molecular formula is C14H19FN2O2. The third-order valence-corrected chi connectivity index (χ3v) is 3.45. The molecule has 0 heterocycles. The standard InChI is InChI=1S/C14H19FN2O2/c1-3-19-12-7-14(8-12,13(16)18)17-11-5-9(2)4-10(15)6-11/h4-6,12,17H,3,7-8H2,1-2H3,(H2,16,18). The van der Waals surface area contributed by atoms with Crippen LogP contribution in [0.4, 0.5) is 10.1 Å². The summed E-state index contributed by atoms with van der Waals surface area (Å²) in [5, 5.41) is 3.07. The zero-order chi connectivity index (χ0) is 14.0. The van der Waals surface area contributed by atoms with Gasteiger partial charge >= 0.3 is 0 Å². The Morgan fingerprint density at radius 2 is 2.21 bits per heavy atom. The van der Waals surface area contributed by atoms with Crippen LogP contribution in [0.15, 0.2) is 18.2 Å². The molecule has 0 aliphatic heterocycles. The lowest BCUT2D eigenvalue weighted by atomic mass is 9.73. The van der Waals surface area contributed by atoms with E-state index in [4.69, 9.17) is 10.5 Å². The maximum Gasteiger partial charge on any atom is 0.243 e. The van der Waals surface area contributed by atoms with Crippen molar-refractivity contribution in [2.24, 2.45) is 5.73 Å². The van der Waals surface area contributed by atoms with Crippen molar-refractivity contribution in [3.05, 3.63) is 29.6 Å². The molecule has 3 N–H and O–H groups in total. The average Bonchev–Trinajstić information content (AvgIpc) is 2.24. The van der Waals surface area contributed by atoms with Gasteiger partial charge in [-0.2, -0.15) is 0 Å². The molecule has 1 aromatic carbocycles. The van der Waals surface area contributed by atoms with E-state index in [-0.39, 0.29) is 11.9 Å². The highest BCUT2D eigenvalue weighted by Gasteiger charge is 2.49. The van der Waals surface area contributed by atoms with Crippen molar-refractivity contribution in [2.45, 2.75) is 38.3 Å². The number of aryl methyl sites for hydroxylation is 1. The second-order valence-corrected chi connectivity index (χ2v) is 5.07. The van der Waals surface area contributed by atoms with Crippen LogP contribution in [0, 0.1) is 12.7 Å². The first-order valence-corrected chi connectivity index (χ1v) is 6.42. The highest BCUT2D eigenvalue weighted by molar-refractivity contribution is 5.89. The van der Waals surface area contributed by atoms with Crippen LogP contribution in [0.2, 0.25) is 0 Å². The number of nitrogens with one attached hydrogen (secondary N) is 1. The zero-order valence-corrected chi connectivity index (χ0v) is 11.2. The molecule has 1 fully saturated rings. The van der Waals surface area contributed by atoms with E-state index in [2.05, 4.69) is 5.32 Å². The van der Waals surface area contributed by atoms with Gasteiger partial charge in [0.2, 0.25) is 5.91 Å². The van der Waals surface area contributed by atoms with Crippen LogP contribution < -0.4 is 11.1 Å². The largest absolute Gasteiger partial charge is 0.378 e. The fraction of sp³-hybridized carbons (Fsp3) is 0.500. The van der Waals surface area contributed by atoms with E-state index in [1.807, 2.05) is 6.92 Å². The van der Waals surface area contributed by atoms with E-state index in [1.165, 1.54) is 12.1 Å². The lowest BCUT2D eigenvalue weighted by Crippen LogP contribution is -2.62. The maximum absolute atomic E-state index is 13.3. The molecule has 5 heteroatoms. The third kappa shape index (κ3) is 2.87. The number of anilines is 1. The second kappa shape index (κ2) is 5.17. The van der Waals surface area contributed by atoms with Crippen molar-refractivity contribution in [1.82, 2.24) is 0 Å². The van der Waals surface area contributed by atoms with Crippen LogP contribution in [0.1, 0.15) is 25.3 Å². The minimum absolute atomic E-state index is 0.0413. The van der Waals surface area contributed by atoms with Gasteiger partial charge in [-0.3, -0.25) is 4.79 Å². The number of carbonyl (C=O) groups excluding carboxylic acids is 1. The predicted octanol–water partition coefficient (Wildman–Crippen LogP) is 1.97. The van der Waals surface area contributed by atoms with E-state index in [0.717, 1.165) is 5.56 Å². The topological polar surface area (TPSA) is 64.3 Å². The first kappa shape index (κ1) is 13.8. The Balaban J connectivity index is 2.12. The summed E-state index contributed by atoms with van der Waals surface area (Å²) in [4.78, 5) is 11.6. The minimum atomic E-state index is -0.819. The number of hydrogen-bond acceptors (Lipinski definition) is 3. The van der Waals surface area contributed by atoms with Gasteiger partial charge < -0.3 is 15.8 Å². The lowest BCUT2D eigenvalue weighted by Gasteiger charge is -2.45. The normalized spacial score (nSPS) is 25.7. The van der Waals surface area contributed by atoms with Gasteiger partial charge in [0.25, 0.3) is 0 Å². The van der Waals surface area contributed by atoms with E-state index in [0.29, 0.717) is 25.1 Å². The van der Waals surface area contributed by atoms with Gasteiger partial charge in [-0.05, 0) is 37.6 Å². The lowest BCUT2D eigenvalue weighted by molar-refractivity contribution is -0.131. The molecule has 0 atom stereocenters. The summed E-state index contributed by atoms with van der Waals surface area (Å²) in [6.45, 7) is 4.32. The van der Waals surface area contributed by atoms with Crippen molar-refractivity contribution >= 4 is 11.6 Å². The van der Waals surface area contributed by atoms with Crippen molar-refractivity contribution in [3.63, 3.8) is 0 Å². The van der Waals surface area contributed by atoms with Crippen LogP contribution in [-0.2, 0) is 9.53 Å². The molecule has 104 valence electrons. The average molecular weight is 266 g/mol. The minimum Gasteiger partial charge on any atom is -0.378 e. The van der Waals surface area contributed by atoms with Crippen molar-refractivity contribution in [3.8, 4) is 0 Å². The summed E-state index contributed by atoms with van der Waals surface area (Å²) in [6.07, 6.45) is 1.08. The molecule has 1 aliphatic rings. The molecule has 19 heavy (non-hydrogen) atoms. The second-order valence-electron chi connectivity index (χ2n) is 5.07. The number of primary amides is 1. The Hall–Kier alpha value is -1.62. The van der Waals surface area contributed by atoms with E-state index >= 15 is 0 Å². The Morgan fingerprint density at radius 1 is 1.53 bits per heavy atom. The summed E-state index contributed by atoms with van der Waals surface area (Å²) in [7, 11) is 0. The summed E-state index contributed by atoms with van der Waals surface area (Å²) >= 11 is 0. The van der Waals surface area contributed by atoms with E-state index < -0.39 is 11.4 Å². The van der Waals surface area contributed by atoms with Gasteiger partial charge in [0.1, 0.15) is 11.4 Å². The summed E-state index contributed by atoms with van der Waals surface area (Å²) < 4.78 is 18.8. The number of ether oxygens (including phenoxy) is 1. The molecule has 0 aromatic heterocycles. The maximum atomic E-state index is 13.3. The fourth-order valence-electron chi connectivity index (χ4n) is 2.52. The van der Waals surface area contributed by atoms with Crippen molar-refractivity contribution in [1.29, 1.82) is 0 Å². The molecule has 0 saturated heterocycles. The number of carbonyl (C=O) groups is 1. The van der Waals surface area contributed by atoms with Crippen LogP contribution in [0.25, 0.3) is 0 Å². The molecule has 0 bridgehead atoms. The molecular weight excluding hydrogens is 247 g/mol. The number of nitrogens with two attached hydrogens (primary N) is 1. The van der Waals surface area contributed by atoms with Crippen LogP contribution in [0.3, 0.4) is 0 Å². The molecule has 1 amide bonds. The van der Waals surface area contributed by atoms with Crippen LogP contribution in [0.5, 0.6) is 0 Å².